The highest BCUT2D eigenvalue weighted by molar-refractivity contribution is 6.39. The number of methoxy groups -OCH3 is 1. The number of nitrogens with zero attached hydrogens (tertiary/aromatic N) is 1. The molecule has 0 aliphatic heterocycles. The monoisotopic (exact) mass is 1700 g/mol. The van der Waals surface area contributed by atoms with Crippen LogP contribution in [0.2, 0.25) is 50.2 Å². The Morgan fingerprint density at radius 1 is 0.384 bits per heavy atom. The number of phenolic OH excluding ortho intramolecular Hbond substituents is 1. The SMILES string of the molecule is COCOc1ccc(Cl)c(Cc2ccccc2C(=O)[O-])c1Cl.Cc1ccc(Cl)c(Cc2ncccc2C(=O)[O-])c1Cl.O=C([O-])c1ccccc1Cc1c(Cl)ccc(O)c1Cl.O=C([O-])c1ccccc1Cc1c(Cl)ccc(OCC2CCCCC2)c1Cl.O=C([O-])c1ccccc1Cc1c(Cl)ccc(OCc2ccccc2)c1Cl. The molecular weight excluding hydrogens is 1640 g/mol. The molecule has 11 aromatic rings. The lowest BCUT2D eigenvalue weighted by atomic mass is 9.90. The number of pyridine rings is 1. The summed E-state index contributed by atoms with van der Waals surface area (Å²) in [6.45, 7) is 2.93. The Labute approximate surface area is 697 Å². The van der Waals surface area contributed by atoms with Crippen molar-refractivity contribution in [3.8, 4) is 23.0 Å². The summed E-state index contributed by atoms with van der Waals surface area (Å²) < 4.78 is 22.0. The third kappa shape index (κ3) is 24.9. The maximum atomic E-state index is 11.3. The zero-order valence-electron chi connectivity index (χ0n) is 59.8. The number of aromatic hydroxyl groups is 1. The summed E-state index contributed by atoms with van der Waals surface area (Å²) in [5.74, 6) is -4.20. The van der Waals surface area contributed by atoms with E-state index < -0.39 is 29.8 Å². The van der Waals surface area contributed by atoms with Gasteiger partial charge in [0.05, 0.1) is 62.2 Å². The molecule has 0 radical (unpaired) electrons. The highest BCUT2D eigenvalue weighted by atomic mass is 35.5. The highest BCUT2D eigenvalue weighted by Gasteiger charge is 2.22. The fourth-order valence-corrected chi connectivity index (χ4v) is 14.5. The molecular formula is C86H68Cl10NO15-5. The summed E-state index contributed by atoms with van der Waals surface area (Å²) in [6, 6.07) is 55.7. The number of aromatic carboxylic acids is 5. The Morgan fingerprint density at radius 2 is 0.732 bits per heavy atom. The molecule has 16 nitrogen and oxygen atoms in total. The molecule has 0 amide bonds. The first-order valence-electron chi connectivity index (χ1n) is 34.4. The predicted molar refractivity (Wildman–Crippen MR) is 430 cm³/mol. The van der Waals surface area contributed by atoms with Crippen LogP contribution in [0.4, 0.5) is 0 Å². The van der Waals surface area contributed by atoms with Crippen LogP contribution in [0.25, 0.3) is 0 Å². The smallest absolute Gasteiger partial charge is 0.188 e. The van der Waals surface area contributed by atoms with Gasteiger partial charge in [0, 0.05) is 103 Å². The molecule has 0 atom stereocenters. The summed E-state index contributed by atoms with van der Waals surface area (Å²) in [5.41, 5.74) is 8.11. The van der Waals surface area contributed by atoms with Crippen LogP contribution in [0.3, 0.4) is 0 Å². The summed E-state index contributed by atoms with van der Waals surface area (Å²) in [4.78, 5) is 59.9. The van der Waals surface area contributed by atoms with E-state index in [1.54, 1.807) is 121 Å². The number of carboxylic acids is 5. The molecule has 1 fully saturated rings. The van der Waals surface area contributed by atoms with Gasteiger partial charge in [0.15, 0.2) is 6.79 Å². The minimum Gasteiger partial charge on any atom is -0.545 e. The van der Waals surface area contributed by atoms with Crippen molar-refractivity contribution < 1.29 is 73.6 Å². The van der Waals surface area contributed by atoms with Crippen LogP contribution in [-0.4, -0.2) is 60.4 Å². The number of carbonyl (C=O) groups excluding carboxylic acids is 5. The number of halogens is 10. The number of benzene rings is 10. The summed E-state index contributed by atoms with van der Waals surface area (Å²) in [5, 5.41) is 69.5. The van der Waals surface area contributed by atoms with Crippen molar-refractivity contribution in [2.24, 2.45) is 5.92 Å². The summed E-state index contributed by atoms with van der Waals surface area (Å²) >= 11 is 62.5. The average Bonchev–Trinajstić information content (AvgIpc) is 0.831. The lowest BCUT2D eigenvalue weighted by Gasteiger charge is -2.22. The van der Waals surface area contributed by atoms with Crippen LogP contribution in [0.1, 0.15) is 151 Å². The molecule has 1 aliphatic carbocycles. The van der Waals surface area contributed by atoms with E-state index in [1.165, 1.54) is 87.9 Å². The van der Waals surface area contributed by atoms with Crippen molar-refractivity contribution in [2.45, 2.75) is 77.7 Å². The molecule has 1 aliphatic rings. The van der Waals surface area contributed by atoms with Crippen molar-refractivity contribution in [2.75, 3.05) is 20.5 Å². The number of rotatable bonds is 24. The molecule has 1 heterocycles. The van der Waals surface area contributed by atoms with Crippen LogP contribution in [0.5, 0.6) is 23.0 Å². The van der Waals surface area contributed by atoms with Crippen molar-refractivity contribution in [3.63, 3.8) is 0 Å². The van der Waals surface area contributed by atoms with Gasteiger partial charge in [-0.25, -0.2) is 0 Å². The third-order valence-electron chi connectivity index (χ3n) is 17.6. The number of carboxylic acid groups (broad SMARTS) is 5. The Bertz CT molecular complexity index is 5020. The van der Waals surface area contributed by atoms with E-state index >= 15 is 0 Å². The van der Waals surface area contributed by atoms with Gasteiger partial charge in [-0.1, -0.05) is 269 Å². The van der Waals surface area contributed by atoms with Crippen LogP contribution >= 0.6 is 116 Å². The quantitative estimate of drug-likeness (QED) is 0.0551. The Kier molecular flexibility index (Phi) is 34.5. The molecule has 1 N–H and O–H groups in total. The van der Waals surface area contributed by atoms with Gasteiger partial charge >= 0.3 is 0 Å². The molecule has 26 heteroatoms. The minimum atomic E-state index is -1.26. The number of carbonyl (C=O) groups is 5. The van der Waals surface area contributed by atoms with E-state index in [1.807, 2.05) is 43.3 Å². The zero-order chi connectivity index (χ0) is 81.1. The lowest BCUT2D eigenvalue weighted by Crippen LogP contribution is -2.24. The average molecular weight is 1710 g/mol. The fraction of sp³-hybridized carbons (Fsp3) is 0.186. The van der Waals surface area contributed by atoms with Crippen molar-refractivity contribution >= 4 is 146 Å². The number of aryl methyl sites for hydroxylation is 1. The molecule has 112 heavy (non-hydrogen) atoms. The van der Waals surface area contributed by atoms with E-state index in [4.69, 9.17) is 135 Å². The van der Waals surface area contributed by atoms with Crippen LogP contribution in [-0.2, 0) is 43.4 Å². The number of hydrogen-bond acceptors (Lipinski definition) is 16. The summed E-state index contributed by atoms with van der Waals surface area (Å²) in [7, 11) is 1.50. The number of ether oxygens (including phenoxy) is 4. The first-order valence-corrected chi connectivity index (χ1v) is 38.2. The molecule has 0 bridgehead atoms. The van der Waals surface area contributed by atoms with Gasteiger partial charge in [-0.3, -0.25) is 4.98 Å². The van der Waals surface area contributed by atoms with E-state index in [0.29, 0.717) is 144 Å². The van der Waals surface area contributed by atoms with E-state index in [-0.39, 0.29) is 71.1 Å². The van der Waals surface area contributed by atoms with E-state index in [9.17, 15) is 54.6 Å². The maximum absolute atomic E-state index is 11.3. The molecule has 1 aromatic heterocycles. The van der Waals surface area contributed by atoms with E-state index in [2.05, 4.69) is 4.98 Å². The molecule has 0 saturated heterocycles. The normalized spacial score (nSPS) is 11.5. The predicted octanol–water partition coefficient (Wildman–Crippen LogP) is 17.7. The molecule has 1 saturated carbocycles. The second-order valence-electron chi connectivity index (χ2n) is 25.1. The Morgan fingerprint density at radius 3 is 1.14 bits per heavy atom. The lowest BCUT2D eigenvalue weighted by molar-refractivity contribution is -0.256. The number of hydrogen-bond donors (Lipinski definition) is 1. The largest absolute Gasteiger partial charge is 0.545 e. The van der Waals surface area contributed by atoms with Gasteiger partial charge in [0.1, 0.15) is 29.6 Å². The van der Waals surface area contributed by atoms with Crippen molar-refractivity contribution in [1.29, 1.82) is 0 Å². The van der Waals surface area contributed by atoms with Gasteiger partial charge in [0.2, 0.25) is 0 Å². The minimum absolute atomic E-state index is 0.0520. The van der Waals surface area contributed by atoms with Crippen molar-refractivity contribution in [3.05, 3.63) is 351 Å². The number of aromatic nitrogens is 1. The highest BCUT2D eigenvalue weighted by Crippen LogP contribution is 2.41. The van der Waals surface area contributed by atoms with Crippen LogP contribution < -0.4 is 39.7 Å². The van der Waals surface area contributed by atoms with Gasteiger partial charge in [0.25, 0.3) is 0 Å². The maximum Gasteiger partial charge on any atom is 0.188 e. The molecule has 582 valence electrons. The second kappa shape index (κ2) is 43.7. The van der Waals surface area contributed by atoms with Crippen LogP contribution in [0.15, 0.2) is 206 Å². The third-order valence-corrected chi connectivity index (χ3v) is 21.6. The summed E-state index contributed by atoms with van der Waals surface area (Å²) in [6.07, 6.45) is 9.02. The van der Waals surface area contributed by atoms with Gasteiger partial charge in [-0.15, -0.1) is 0 Å². The van der Waals surface area contributed by atoms with Gasteiger partial charge < -0.3 is 73.6 Å². The Balaban J connectivity index is 0.000000177. The topological polar surface area (TPSA) is 271 Å². The Hall–Kier alpha value is -9.24. The molecule has 0 spiro atoms. The fourth-order valence-electron chi connectivity index (χ4n) is 11.8. The zero-order valence-corrected chi connectivity index (χ0v) is 67.3. The van der Waals surface area contributed by atoms with E-state index in [0.717, 1.165) is 11.1 Å². The second-order valence-corrected chi connectivity index (χ2v) is 29.0. The van der Waals surface area contributed by atoms with Gasteiger partial charge in [-0.05, 0) is 154 Å². The van der Waals surface area contributed by atoms with Crippen molar-refractivity contribution in [1.82, 2.24) is 4.98 Å². The molecule has 0 unspecified atom stereocenters. The number of phenols is 1. The first kappa shape index (κ1) is 88.3. The standard InChI is InChI=1S/C21H22Cl2O3.C21H16Cl2O3.C16H14Cl2O4.C14H11Cl2NO2.C14H10Cl2O3/c2*22-18-10-11-19(26-13-14-6-2-1-3-7-14)20(23)17(18)12-15-8-4-5-9-16(15)21(24)25;1-21-9-22-14-7-6-13(17)12(15(14)18)8-10-4-2-3-5-11(10)16(19)20;1-8-4-5-11(15)10(13(8)16)7-12-9(14(18)19)3-2-6-17-12;15-11-5-6-12(17)13(16)10(11)7-8-3-1-2-4-9(8)14(18)19/h4-5,8-11,14H,1-3,6-7,12-13H2,(H,24,25);1-11H,12-13H2,(H,24,25);2-7H,8-9H2,1H3,(H,19,20);2-6H,7H2,1H3,(H,18,19);1-6,17H,7H2,(H,18,19)/p-5. The molecule has 12 rings (SSSR count). The van der Waals surface area contributed by atoms with Gasteiger partial charge in [-0.2, -0.15) is 0 Å². The first-order chi connectivity index (χ1) is 53.7. The molecule has 10 aromatic carbocycles. The van der Waals surface area contributed by atoms with Crippen LogP contribution in [0, 0.1) is 12.8 Å².